The van der Waals surface area contributed by atoms with Crippen molar-refractivity contribution in [3.63, 3.8) is 0 Å². The number of rotatable bonds is 4. The van der Waals surface area contributed by atoms with Gasteiger partial charge in [0, 0.05) is 26.0 Å². The third kappa shape index (κ3) is 2.63. The van der Waals surface area contributed by atoms with Gasteiger partial charge in [0.2, 0.25) is 5.91 Å². The van der Waals surface area contributed by atoms with Crippen LogP contribution in [0.2, 0.25) is 0 Å². The molecule has 0 unspecified atom stereocenters. The fourth-order valence-electron chi connectivity index (χ4n) is 2.42. The van der Waals surface area contributed by atoms with Crippen molar-refractivity contribution in [3.05, 3.63) is 64.8 Å². The number of carbonyl (C=O) groups excluding carboxylic acids is 1. The number of aromatic nitrogens is 3. The molecule has 0 saturated heterocycles. The minimum Gasteiger partial charge on any atom is -0.350 e. The number of carbonyl (C=O) groups is 1. The number of nitrogens with zero attached hydrogens (tertiary/aromatic N) is 3. The van der Waals surface area contributed by atoms with E-state index in [1.807, 2.05) is 36.4 Å². The SMILES string of the molecule is Cn1c(=O)n(CC(=O)NCc2ccncc2)c2ccccc21. The van der Waals surface area contributed by atoms with Crippen molar-refractivity contribution in [1.82, 2.24) is 19.4 Å². The molecule has 6 heteroatoms. The lowest BCUT2D eigenvalue weighted by atomic mass is 10.3. The topological polar surface area (TPSA) is 68.9 Å². The Kier molecular flexibility index (Phi) is 3.74. The zero-order valence-electron chi connectivity index (χ0n) is 12.2. The second kappa shape index (κ2) is 5.85. The summed E-state index contributed by atoms with van der Waals surface area (Å²) in [6, 6.07) is 11.1. The minimum atomic E-state index is -0.199. The van der Waals surface area contributed by atoms with Gasteiger partial charge in [0.1, 0.15) is 6.54 Å². The Balaban J connectivity index is 1.77. The van der Waals surface area contributed by atoms with Crippen molar-refractivity contribution < 1.29 is 4.79 Å². The highest BCUT2D eigenvalue weighted by Crippen LogP contribution is 2.11. The number of para-hydroxylation sites is 2. The highest BCUT2D eigenvalue weighted by molar-refractivity contribution is 5.80. The highest BCUT2D eigenvalue weighted by atomic mass is 16.2. The van der Waals surface area contributed by atoms with Gasteiger partial charge in [-0.25, -0.2) is 4.79 Å². The molecule has 0 aliphatic heterocycles. The van der Waals surface area contributed by atoms with E-state index in [9.17, 15) is 9.59 Å². The minimum absolute atomic E-state index is 0.00523. The van der Waals surface area contributed by atoms with Crippen molar-refractivity contribution in [2.45, 2.75) is 13.1 Å². The standard InChI is InChI=1S/C16H16N4O2/c1-19-13-4-2-3-5-14(13)20(16(19)22)11-15(21)18-10-12-6-8-17-9-7-12/h2-9H,10-11H2,1H3,(H,18,21). The molecule has 0 atom stereocenters. The summed E-state index contributed by atoms with van der Waals surface area (Å²) in [6.45, 7) is 0.423. The second-order valence-electron chi connectivity index (χ2n) is 5.05. The molecule has 0 radical (unpaired) electrons. The number of amides is 1. The lowest BCUT2D eigenvalue weighted by Crippen LogP contribution is -2.32. The molecule has 112 valence electrons. The third-order valence-electron chi connectivity index (χ3n) is 3.59. The van der Waals surface area contributed by atoms with Crippen LogP contribution in [-0.4, -0.2) is 20.0 Å². The zero-order chi connectivity index (χ0) is 15.5. The first-order valence-corrected chi connectivity index (χ1v) is 6.96. The average Bonchev–Trinajstić information content (AvgIpc) is 2.79. The Labute approximate surface area is 127 Å². The quantitative estimate of drug-likeness (QED) is 0.782. The summed E-state index contributed by atoms with van der Waals surface area (Å²) in [7, 11) is 1.70. The monoisotopic (exact) mass is 296 g/mol. The molecule has 1 N–H and O–H groups in total. The molecule has 0 spiro atoms. The summed E-state index contributed by atoms with van der Waals surface area (Å²) in [5, 5.41) is 2.81. The van der Waals surface area contributed by atoms with Crippen LogP contribution in [0.5, 0.6) is 0 Å². The van der Waals surface area contributed by atoms with Gasteiger partial charge in [-0.1, -0.05) is 12.1 Å². The van der Waals surface area contributed by atoms with E-state index in [1.165, 1.54) is 4.57 Å². The Morgan fingerprint density at radius 1 is 1.14 bits per heavy atom. The number of hydrogen-bond acceptors (Lipinski definition) is 3. The summed E-state index contributed by atoms with van der Waals surface area (Å²) in [5.41, 5.74) is 2.34. The predicted octanol–water partition coefficient (Wildman–Crippen LogP) is 1.05. The van der Waals surface area contributed by atoms with Crippen LogP contribution in [0.25, 0.3) is 11.0 Å². The van der Waals surface area contributed by atoms with Crippen LogP contribution in [0.3, 0.4) is 0 Å². The van der Waals surface area contributed by atoms with Gasteiger partial charge in [-0.3, -0.25) is 18.9 Å². The smallest absolute Gasteiger partial charge is 0.329 e. The van der Waals surface area contributed by atoms with Crippen molar-refractivity contribution in [1.29, 1.82) is 0 Å². The molecule has 0 bridgehead atoms. The summed E-state index contributed by atoms with van der Waals surface area (Å²) in [4.78, 5) is 28.3. The van der Waals surface area contributed by atoms with E-state index in [-0.39, 0.29) is 18.1 Å². The fraction of sp³-hybridized carbons (Fsp3) is 0.188. The molecule has 2 aromatic heterocycles. The molecular formula is C16H16N4O2. The van der Waals surface area contributed by atoms with E-state index in [0.29, 0.717) is 6.54 Å². The maximum atomic E-state index is 12.2. The Morgan fingerprint density at radius 3 is 2.55 bits per heavy atom. The van der Waals surface area contributed by atoms with Crippen molar-refractivity contribution in [2.75, 3.05) is 0 Å². The summed E-state index contributed by atoms with van der Waals surface area (Å²) >= 11 is 0. The maximum Gasteiger partial charge on any atom is 0.329 e. The van der Waals surface area contributed by atoms with Gasteiger partial charge in [-0.05, 0) is 29.8 Å². The van der Waals surface area contributed by atoms with Crippen LogP contribution in [0.1, 0.15) is 5.56 Å². The first-order valence-electron chi connectivity index (χ1n) is 6.96. The van der Waals surface area contributed by atoms with Crippen LogP contribution >= 0.6 is 0 Å². The largest absolute Gasteiger partial charge is 0.350 e. The van der Waals surface area contributed by atoms with Gasteiger partial charge in [-0.2, -0.15) is 0 Å². The van der Waals surface area contributed by atoms with E-state index < -0.39 is 0 Å². The fourth-order valence-corrected chi connectivity index (χ4v) is 2.42. The molecule has 0 aliphatic rings. The lowest BCUT2D eigenvalue weighted by Gasteiger charge is -2.06. The number of nitrogens with one attached hydrogen (secondary N) is 1. The van der Waals surface area contributed by atoms with E-state index in [2.05, 4.69) is 10.3 Å². The van der Waals surface area contributed by atoms with E-state index in [0.717, 1.165) is 16.6 Å². The van der Waals surface area contributed by atoms with E-state index in [4.69, 9.17) is 0 Å². The lowest BCUT2D eigenvalue weighted by molar-refractivity contribution is -0.121. The summed E-state index contributed by atoms with van der Waals surface area (Å²) < 4.78 is 3.03. The Bertz CT molecular complexity index is 865. The molecule has 1 aromatic carbocycles. The molecule has 2 heterocycles. The number of pyridine rings is 1. The van der Waals surface area contributed by atoms with Gasteiger partial charge in [0.15, 0.2) is 0 Å². The first-order chi connectivity index (χ1) is 10.7. The molecule has 0 fully saturated rings. The molecule has 1 amide bonds. The molecule has 0 saturated carbocycles. The van der Waals surface area contributed by atoms with Crippen LogP contribution < -0.4 is 11.0 Å². The van der Waals surface area contributed by atoms with Crippen molar-refractivity contribution in [2.24, 2.45) is 7.05 Å². The first kappa shape index (κ1) is 14.1. The van der Waals surface area contributed by atoms with Crippen LogP contribution in [0.4, 0.5) is 0 Å². The normalized spacial score (nSPS) is 10.8. The highest BCUT2D eigenvalue weighted by Gasteiger charge is 2.12. The predicted molar refractivity (Wildman–Crippen MR) is 83.3 cm³/mol. The van der Waals surface area contributed by atoms with Gasteiger partial charge in [0.25, 0.3) is 0 Å². The van der Waals surface area contributed by atoms with Crippen LogP contribution in [-0.2, 0) is 24.9 Å². The molecule has 0 aliphatic carbocycles. The summed E-state index contributed by atoms with van der Waals surface area (Å²) in [5.74, 6) is -0.199. The van der Waals surface area contributed by atoms with E-state index in [1.54, 1.807) is 24.0 Å². The average molecular weight is 296 g/mol. The Hall–Kier alpha value is -2.89. The maximum absolute atomic E-state index is 12.2. The third-order valence-corrected chi connectivity index (χ3v) is 3.59. The van der Waals surface area contributed by atoms with Gasteiger partial charge in [-0.15, -0.1) is 0 Å². The second-order valence-corrected chi connectivity index (χ2v) is 5.05. The molecule has 3 aromatic rings. The number of fused-ring (bicyclic) bond motifs is 1. The number of aryl methyl sites for hydroxylation is 1. The molecule has 3 rings (SSSR count). The van der Waals surface area contributed by atoms with E-state index >= 15 is 0 Å². The van der Waals surface area contributed by atoms with Crippen LogP contribution in [0, 0.1) is 0 Å². The number of hydrogen-bond donors (Lipinski definition) is 1. The molecule has 22 heavy (non-hydrogen) atoms. The Morgan fingerprint density at radius 2 is 1.82 bits per heavy atom. The van der Waals surface area contributed by atoms with Gasteiger partial charge in [0.05, 0.1) is 11.0 Å². The van der Waals surface area contributed by atoms with Gasteiger partial charge >= 0.3 is 5.69 Å². The zero-order valence-corrected chi connectivity index (χ0v) is 12.2. The number of imidazole rings is 1. The van der Waals surface area contributed by atoms with Gasteiger partial charge < -0.3 is 5.32 Å². The van der Waals surface area contributed by atoms with Crippen molar-refractivity contribution >= 4 is 16.9 Å². The summed E-state index contributed by atoms with van der Waals surface area (Å²) in [6.07, 6.45) is 3.35. The number of benzene rings is 1. The van der Waals surface area contributed by atoms with Crippen LogP contribution in [0.15, 0.2) is 53.6 Å². The van der Waals surface area contributed by atoms with Crippen molar-refractivity contribution in [3.8, 4) is 0 Å². The molecule has 6 nitrogen and oxygen atoms in total. The molecular weight excluding hydrogens is 280 g/mol.